The van der Waals surface area contributed by atoms with Gasteiger partial charge >= 0.3 is 0 Å². The second-order valence-electron chi connectivity index (χ2n) is 8.34. The third-order valence-corrected chi connectivity index (χ3v) is 5.86. The van der Waals surface area contributed by atoms with Crippen molar-refractivity contribution in [1.29, 1.82) is 0 Å². The molecule has 3 aliphatic rings. The maximum Gasteiger partial charge on any atom is 0.238 e. The normalized spacial score (nSPS) is 28.7. The van der Waals surface area contributed by atoms with Crippen molar-refractivity contribution in [3.8, 4) is 0 Å². The van der Waals surface area contributed by atoms with Crippen LogP contribution in [0.5, 0.6) is 0 Å². The Kier molecular flexibility index (Phi) is 5.12. The van der Waals surface area contributed by atoms with Crippen molar-refractivity contribution in [2.75, 3.05) is 26.2 Å². The number of hydrogen-bond donors (Lipinski definition) is 2. The topological polar surface area (TPSA) is 44.4 Å². The number of nitrogens with one attached hydrogen (secondary N) is 2. The van der Waals surface area contributed by atoms with Crippen LogP contribution in [0.15, 0.2) is 11.1 Å². The van der Waals surface area contributed by atoms with Gasteiger partial charge < -0.3 is 10.6 Å². The third-order valence-electron chi connectivity index (χ3n) is 5.86. The van der Waals surface area contributed by atoms with E-state index in [1.807, 2.05) is 0 Å². The highest BCUT2D eigenvalue weighted by Gasteiger charge is 2.31. The Morgan fingerprint density at radius 2 is 2.17 bits per heavy atom. The van der Waals surface area contributed by atoms with E-state index < -0.39 is 0 Å². The van der Waals surface area contributed by atoms with Crippen molar-refractivity contribution < 1.29 is 4.79 Å². The van der Waals surface area contributed by atoms with Gasteiger partial charge in [0, 0.05) is 32.2 Å². The van der Waals surface area contributed by atoms with Crippen LogP contribution in [0.3, 0.4) is 0 Å². The summed E-state index contributed by atoms with van der Waals surface area (Å²) in [4.78, 5) is 14.7. The maximum atomic E-state index is 12.2. The van der Waals surface area contributed by atoms with Gasteiger partial charge in [-0.15, -0.1) is 0 Å². The molecule has 1 saturated heterocycles. The van der Waals surface area contributed by atoms with Crippen molar-refractivity contribution in [3.05, 3.63) is 11.1 Å². The van der Waals surface area contributed by atoms with E-state index in [9.17, 15) is 4.79 Å². The van der Waals surface area contributed by atoms with E-state index in [0.717, 1.165) is 45.4 Å². The van der Waals surface area contributed by atoms with Gasteiger partial charge in [-0.25, -0.2) is 0 Å². The Morgan fingerprint density at radius 3 is 2.87 bits per heavy atom. The minimum absolute atomic E-state index is 0.0289. The Hall–Kier alpha value is -0.870. The van der Waals surface area contributed by atoms with Crippen LogP contribution in [0.25, 0.3) is 0 Å². The Morgan fingerprint density at radius 1 is 1.39 bits per heavy atom. The summed E-state index contributed by atoms with van der Waals surface area (Å²) < 4.78 is 0. The summed E-state index contributed by atoms with van der Waals surface area (Å²) in [6.07, 6.45) is 7.39. The van der Waals surface area contributed by atoms with E-state index >= 15 is 0 Å². The molecule has 1 saturated carbocycles. The molecule has 0 aromatic heterocycles. The molecule has 2 fully saturated rings. The zero-order valence-electron chi connectivity index (χ0n) is 15.1. The molecule has 0 unspecified atom stereocenters. The molecule has 1 aliphatic heterocycles. The number of allylic oxidation sites excluding steroid dienone is 1. The number of hydrogen-bond acceptors (Lipinski definition) is 3. The molecule has 0 aromatic rings. The van der Waals surface area contributed by atoms with Gasteiger partial charge in [-0.2, -0.15) is 0 Å². The molecule has 4 nitrogen and oxygen atoms in total. The van der Waals surface area contributed by atoms with E-state index in [1.54, 1.807) is 11.1 Å². The van der Waals surface area contributed by atoms with Crippen LogP contribution >= 0.6 is 0 Å². The average molecular weight is 319 g/mol. The molecule has 1 atom stereocenters. The van der Waals surface area contributed by atoms with Crippen molar-refractivity contribution >= 4 is 5.91 Å². The van der Waals surface area contributed by atoms with Gasteiger partial charge in [0.1, 0.15) is 0 Å². The molecule has 4 heteroatoms. The minimum atomic E-state index is -0.0289. The minimum Gasteiger partial charge on any atom is -0.352 e. The highest BCUT2D eigenvalue weighted by Crippen LogP contribution is 2.41. The second kappa shape index (κ2) is 6.94. The van der Waals surface area contributed by atoms with E-state index in [0.29, 0.717) is 11.5 Å². The fourth-order valence-electron chi connectivity index (χ4n) is 4.22. The van der Waals surface area contributed by atoms with E-state index in [1.165, 1.54) is 19.3 Å². The summed E-state index contributed by atoms with van der Waals surface area (Å²) >= 11 is 0. The Labute approximate surface area is 141 Å². The van der Waals surface area contributed by atoms with Crippen LogP contribution in [-0.2, 0) is 4.79 Å². The lowest BCUT2D eigenvalue weighted by atomic mass is 9.71. The summed E-state index contributed by atoms with van der Waals surface area (Å²) in [5.41, 5.74) is 3.64. The lowest BCUT2D eigenvalue weighted by Crippen LogP contribution is -2.57. The summed E-state index contributed by atoms with van der Waals surface area (Å²) in [5.74, 6) is 0.200. The quantitative estimate of drug-likeness (QED) is 0.765. The van der Waals surface area contributed by atoms with Gasteiger partial charge in [0.05, 0.1) is 6.04 Å². The molecule has 0 radical (unpaired) electrons. The number of carbonyl (C=O) groups is 1. The molecule has 130 valence electrons. The van der Waals surface area contributed by atoms with E-state index in [-0.39, 0.29) is 11.9 Å². The number of carbonyl (C=O) groups excluding carboxylic acids is 1. The summed E-state index contributed by atoms with van der Waals surface area (Å²) in [5, 5.41) is 6.51. The number of nitrogens with zero attached hydrogens (tertiary/aromatic N) is 1. The standard InChI is InChI=1S/C19H33N3O/c1-14-5-4-9-19(2,3)16(14)8-11-22-12-10-20-17(13-22)18(23)21-15-6-7-15/h15,17,20H,4-13H2,1-3H3,(H,21,23)/t17-/m0/s1. The first-order valence-corrected chi connectivity index (χ1v) is 9.41. The average Bonchev–Trinajstić information content (AvgIpc) is 3.30. The lowest BCUT2D eigenvalue weighted by Gasteiger charge is -2.37. The van der Waals surface area contributed by atoms with Crippen LogP contribution < -0.4 is 10.6 Å². The first-order valence-electron chi connectivity index (χ1n) is 9.41. The molecule has 0 bridgehead atoms. The molecule has 0 aromatic carbocycles. The molecule has 0 spiro atoms. The molecule has 2 aliphatic carbocycles. The molecule has 23 heavy (non-hydrogen) atoms. The van der Waals surface area contributed by atoms with Crippen LogP contribution in [0.4, 0.5) is 0 Å². The number of piperazine rings is 1. The molecule has 1 heterocycles. The second-order valence-corrected chi connectivity index (χ2v) is 8.34. The molecule has 3 rings (SSSR count). The van der Waals surface area contributed by atoms with Gasteiger partial charge in [0.15, 0.2) is 0 Å². The van der Waals surface area contributed by atoms with E-state index in [4.69, 9.17) is 0 Å². The molecule has 1 amide bonds. The van der Waals surface area contributed by atoms with Crippen molar-refractivity contribution in [2.45, 2.75) is 71.4 Å². The van der Waals surface area contributed by atoms with Gasteiger partial charge in [-0.1, -0.05) is 25.0 Å². The largest absolute Gasteiger partial charge is 0.352 e. The fraction of sp³-hybridized carbons (Fsp3) is 0.842. The Balaban J connectivity index is 1.52. The van der Waals surface area contributed by atoms with Gasteiger partial charge in [0.25, 0.3) is 0 Å². The number of amides is 1. The molecule has 2 N–H and O–H groups in total. The third kappa shape index (κ3) is 4.36. The first-order chi connectivity index (χ1) is 11.0. The van der Waals surface area contributed by atoms with Gasteiger partial charge in [0.2, 0.25) is 5.91 Å². The predicted molar refractivity (Wildman–Crippen MR) is 94.3 cm³/mol. The Bertz CT molecular complexity index is 479. The summed E-state index contributed by atoms with van der Waals surface area (Å²) in [6.45, 7) is 11.0. The number of rotatable bonds is 5. The zero-order chi connectivity index (χ0) is 16.4. The zero-order valence-corrected chi connectivity index (χ0v) is 15.1. The van der Waals surface area contributed by atoms with Crippen molar-refractivity contribution in [2.24, 2.45) is 5.41 Å². The highest BCUT2D eigenvalue weighted by atomic mass is 16.2. The fourth-order valence-corrected chi connectivity index (χ4v) is 4.22. The summed E-state index contributed by atoms with van der Waals surface area (Å²) in [6, 6.07) is 0.425. The summed E-state index contributed by atoms with van der Waals surface area (Å²) in [7, 11) is 0. The van der Waals surface area contributed by atoms with Crippen LogP contribution in [0.2, 0.25) is 0 Å². The maximum absolute atomic E-state index is 12.2. The van der Waals surface area contributed by atoms with Crippen molar-refractivity contribution in [3.63, 3.8) is 0 Å². The van der Waals surface area contributed by atoms with E-state index in [2.05, 4.69) is 36.3 Å². The SMILES string of the molecule is CC1=C(CCN2CCN[C@H](C(=O)NC3CC3)C2)C(C)(C)CCC1. The monoisotopic (exact) mass is 319 g/mol. The smallest absolute Gasteiger partial charge is 0.238 e. The lowest BCUT2D eigenvalue weighted by molar-refractivity contribution is -0.124. The van der Waals surface area contributed by atoms with Gasteiger partial charge in [-0.05, 0) is 50.9 Å². The molecular formula is C19H33N3O. The van der Waals surface area contributed by atoms with Crippen LogP contribution in [0.1, 0.15) is 59.3 Å². The van der Waals surface area contributed by atoms with Crippen molar-refractivity contribution in [1.82, 2.24) is 15.5 Å². The molecular weight excluding hydrogens is 286 g/mol. The predicted octanol–water partition coefficient (Wildman–Crippen LogP) is 2.46. The van der Waals surface area contributed by atoms with Crippen LogP contribution in [0, 0.1) is 5.41 Å². The highest BCUT2D eigenvalue weighted by molar-refractivity contribution is 5.82. The first kappa shape index (κ1) is 17.0. The van der Waals surface area contributed by atoms with Gasteiger partial charge in [-0.3, -0.25) is 9.69 Å². The van der Waals surface area contributed by atoms with Crippen LogP contribution in [-0.4, -0.2) is 49.1 Å².